The molecule has 0 radical (unpaired) electrons. The van der Waals surface area contributed by atoms with Gasteiger partial charge in [-0.1, -0.05) is 12.1 Å². The minimum atomic E-state index is 0.681. The van der Waals surface area contributed by atoms with E-state index in [9.17, 15) is 0 Å². The summed E-state index contributed by atoms with van der Waals surface area (Å²) in [5.74, 6) is 2.41. The van der Waals surface area contributed by atoms with Crippen LogP contribution in [0.15, 0.2) is 30.5 Å². The highest BCUT2D eigenvalue weighted by atomic mass is 15.3. The molecule has 2 aromatic heterocycles. The third-order valence-electron chi connectivity index (χ3n) is 5.25. The van der Waals surface area contributed by atoms with Crippen molar-refractivity contribution in [3.63, 3.8) is 0 Å². The van der Waals surface area contributed by atoms with Crippen molar-refractivity contribution in [2.75, 3.05) is 0 Å². The van der Waals surface area contributed by atoms with Crippen molar-refractivity contribution in [3.05, 3.63) is 47.5 Å². The first-order valence-corrected chi connectivity index (χ1v) is 8.21. The molecule has 0 saturated heterocycles. The minimum Gasteiger partial charge on any atom is -0.238 e. The fourth-order valence-corrected chi connectivity index (χ4v) is 3.77. The number of fused-ring (bicyclic) bond motifs is 1. The van der Waals surface area contributed by atoms with Crippen LogP contribution >= 0.6 is 0 Å². The van der Waals surface area contributed by atoms with E-state index in [1.165, 1.54) is 30.2 Å². The van der Waals surface area contributed by atoms with Crippen molar-refractivity contribution in [3.8, 4) is 12.4 Å². The van der Waals surface area contributed by atoms with Crippen LogP contribution in [0.4, 0.5) is 0 Å². The molecule has 5 rings (SSSR count). The highest BCUT2D eigenvalue weighted by molar-refractivity contribution is 5.81. The summed E-state index contributed by atoms with van der Waals surface area (Å²) < 4.78 is 1.95. The zero-order chi connectivity index (χ0) is 16.9. The third-order valence-corrected chi connectivity index (χ3v) is 5.25. The summed E-state index contributed by atoms with van der Waals surface area (Å²) in [6.45, 7) is 7.42. The van der Waals surface area contributed by atoms with E-state index in [0.29, 0.717) is 5.41 Å². The lowest BCUT2D eigenvalue weighted by Gasteiger charge is -2.06. The van der Waals surface area contributed by atoms with Crippen LogP contribution in [0.1, 0.15) is 42.3 Å². The van der Waals surface area contributed by atoms with Crippen molar-refractivity contribution in [2.24, 2.45) is 5.41 Å². The summed E-state index contributed by atoms with van der Waals surface area (Å²) in [6, 6.07) is 8.78. The largest absolute Gasteiger partial charge is 0.238 e. The SMILES string of the molecule is C#N.Cc1cc(-n2ncc3ccc(C4CC45CC5)cc32)nc(C)n1. The van der Waals surface area contributed by atoms with E-state index in [0.717, 1.165) is 28.8 Å². The Labute approximate surface area is 141 Å². The maximum Gasteiger partial charge on any atom is 0.157 e. The quantitative estimate of drug-likeness (QED) is 0.720. The average Bonchev–Trinajstić information content (AvgIpc) is 3.47. The lowest BCUT2D eigenvalue weighted by atomic mass is 10.1. The predicted octanol–water partition coefficient (Wildman–Crippen LogP) is 3.84. The molecule has 2 aliphatic rings. The summed E-state index contributed by atoms with van der Waals surface area (Å²) in [5, 5.41) is 12.2. The van der Waals surface area contributed by atoms with Crippen LogP contribution in [-0.2, 0) is 0 Å². The molecule has 2 aliphatic carbocycles. The smallest absolute Gasteiger partial charge is 0.157 e. The number of rotatable bonds is 2. The van der Waals surface area contributed by atoms with Crippen molar-refractivity contribution >= 4 is 10.9 Å². The Hall–Kier alpha value is -2.74. The van der Waals surface area contributed by atoms with Crippen LogP contribution in [-0.4, -0.2) is 19.7 Å². The van der Waals surface area contributed by atoms with Crippen LogP contribution in [0.2, 0.25) is 0 Å². The molecule has 2 saturated carbocycles. The molecule has 0 N–H and O–H groups in total. The highest BCUT2D eigenvalue weighted by Crippen LogP contribution is 2.75. The molecule has 1 unspecified atom stereocenters. The molecule has 5 nitrogen and oxygen atoms in total. The summed E-state index contributed by atoms with van der Waals surface area (Å²) in [7, 11) is 0. The number of benzene rings is 1. The summed E-state index contributed by atoms with van der Waals surface area (Å²) in [4.78, 5) is 8.90. The van der Waals surface area contributed by atoms with Gasteiger partial charge in [-0.3, -0.25) is 0 Å². The zero-order valence-electron chi connectivity index (χ0n) is 13.9. The van der Waals surface area contributed by atoms with E-state index in [2.05, 4.69) is 39.8 Å². The molecule has 1 spiro atoms. The van der Waals surface area contributed by atoms with Gasteiger partial charge in [0.1, 0.15) is 5.82 Å². The van der Waals surface area contributed by atoms with Gasteiger partial charge in [-0.25, -0.2) is 19.9 Å². The second-order valence-electron chi connectivity index (χ2n) is 6.91. The number of hydrogen-bond acceptors (Lipinski definition) is 4. The van der Waals surface area contributed by atoms with Crippen LogP contribution in [0.5, 0.6) is 0 Å². The maximum atomic E-state index is 6.50. The Bertz CT molecular complexity index is 929. The fraction of sp³-hybridized carbons (Fsp3) is 0.368. The van der Waals surface area contributed by atoms with Gasteiger partial charge in [-0.2, -0.15) is 5.10 Å². The van der Waals surface area contributed by atoms with E-state index in [1.54, 1.807) is 0 Å². The van der Waals surface area contributed by atoms with E-state index in [-0.39, 0.29) is 0 Å². The van der Waals surface area contributed by atoms with Crippen LogP contribution < -0.4 is 0 Å². The number of aryl methyl sites for hydroxylation is 2. The van der Waals surface area contributed by atoms with Gasteiger partial charge in [0.15, 0.2) is 5.82 Å². The predicted molar refractivity (Wildman–Crippen MR) is 91.8 cm³/mol. The fourth-order valence-electron chi connectivity index (χ4n) is 3.77. The average molecular weight is 317 g/mol. The zero-order valence-corrected chi connectivity index (χ0v) is 13.9. The maximum absolute atomic E-state index is 6.50. The first-order valence-electron chi connectivity index (χ1n) is 8.21. The van der Waals surface area contributed by atoms with E-state index >= 15 is 0 Å². The van der Waals surface area contributed by atoms with Gasteiger partial charge in [-0.15, -0.1) is 0 Å². The van der Waals surface area contributed by atoms with E-state index in [1.807, 2.05) is 30.8 Å². The second kappa shape index (κ2) is 5.13. The number of hydrogen-bond donors (Lipinski definition) is 0. The third kappa shape index (κ3) is 2.26. The molecule has 1 aromatic carbocycles. The first kappa shape index (κ1) is 14.8. The Morgan fingerprint density at radius 3 is 2.62 bits per heavy atom. The Morgan fingerprint density at radius 2 is 1.96 bits per heavy atom. The molecule has 3 aromatic rings. The number of aromatic nitrogens is 4. The van der Waals surface area contributed by atoms with Gasteiger partial charge >= 0.3 is 0 Å². The molecule has 0 amide bonds. The van der Waals surface area contributed by atoms with E-state index < -0.39 is 0 Å². The lowest BCUT2D eigenvalue weighted by Crippen LogP contribution is -2.03. The molecule has 0 bridgehead atoms. The second-order valence-corrected chi connectivity index (χ2v) is 6.91. The summed E-state index contributed by atoms with van der Waals surface area (Å²) in [6.07, 6.45) is 6.13. The molecular weight excluding hydrogens is 298 g/mol. The molecular formula is C19H19N5. The van der Waals surface area contributed by atoms with Crippen molar-refractivity contribution in [2.45, 2.75) is 39.0 Å². The standard InChI is InChI=1S/C18H18N4.CHN/c1-11-7-17(21-12(2)20-11)22-16-8-13(3-4-14(16)10-19-22)15-9-18(15)5-6-18;1-2/h3-4,7-8,10,15H,5-6,9H2,1-2H3;1H. The summed E-state index contributed by atoms with van der Waals surface area (Å²) >= 11 is 0. The molecule has 1 atom stereocenters. The Kier molecular flexibility index (Phi) is 3.17. The molecule has 2 heterocycles. The number of nitrogens with zero attached hydrogens (tertiary/aromatic N) is 5. The van der Waals surface area contributed by atoms with Crippen LogP contribution in [0, 0.1) is 31.1 Å². The highest BCUT2D eigenvalue weighted by Gasteiger charge is 2.62. The molecule has 5 heteroatoms. The van der Waals surface area contributed by atoms with Gasteiger partial charge in [0.05, 0.1) is 11.7 Å². The molecule has 24 heavy (non-hydrogen) atoms. The van der Waals surface area contributed by atoms with Gasteiger partial charge in [0, 0.05) is 23.7 Å². The minimum absolute atomic E-state index is 0.681. The van der Waals surface area contributed by atoms with Gasteiger partial charge in [0.25, 0.3) is 0 Å². The van der Waals surface area contributed by atoms with Crippen molar-refractivity contribution in [1.29, 1.82) is 5.26 Å². The Morgan fingerprint density at radius 1 is 1.17 bits per heavy atom. The normalized spacial score (nSPS) is 19.8. The number of nitriles is 1. The van der Waals surface area contributed by atoms with Crippen LogP contribution in [0.3, 0.4) is 0 Å². The van der Waals surface area contributed by atoms with Gasteiger partial charge in [0.2, 0.25) is 0 Å². The molecule has 0 aliphatic heterocycles. The monoisotopic (exact) mass is 317 g/mol. The van der Waals surface area contributed by atoms with Gasteiger partial charge in [-0.05, 0) is 56.1 Å². The van der Waals surface area contributed by atoms with E-state index in [4.69, 9.17) is 5.26 Å². The topological polar surface area (TPSA) is 67.4 Å². The lowest BCUT2D eigenvalue weighted by molar-refractivity contribution is 0.834. The summed E-state index contributed by atoms with van der Waals surface area (Å²) in [5.41, 5.74) is 4.27. The van der Waals surface area contributed by atoms with Gasteiger partial charge < -0.3 is 0 Å². The van der Waals surface area contributed by atoms with Crippen LogP contribution in [0.25, 0.3) is 16.7 Å². The van der Waals surface area contributed by atoms with Crippen molar-refractivity contribution in [1.82, 2.24) is 19.7 Å². The Balaban J connectivity index is 0.000000704. The van der Waals surface area contributed by atoms with Crippen molar-refractivity contribution < 1.29 is 0 Å². The molecule has 2 fully saturated rings. The molecule has 120 valence electrons. The first-order chi connectivity index (χ1) is 11.6.